The molecule has 144 valence electrons. The Morgan fingerprint density at radius 2 is 1.86 bits per heavy atom. The van der Waals surface area contributed by atoms with Crippen molar-refractivity contribution in [2.45, 2.75) is 48.6 Å². The lowest BCUT2D eigenvalue weighted by Gasteiger charge is -2.29. The van der Waals surface area contributed by atoms with Gasteiger partial charge in [-0.3, -0.25) is 4.79 Å². The Morgan fingerprint density at radius 3 is 2.64 bits per heavy atom. The summed E-state index contributed by atoms with van der Waals surface area (Å²) in [7, 11) is 0. The summed E-state index contributed by atoms with van der Waals surface area (Å²) >= 11 is 1.43. The predicted molar refractivity (Wildman–Crippen MR) is 111 cm³/mol. The first kappa shape index (κ1) is 18.9. The van der Waals surface area contributed by atoms with Crippen molar-refractivity contribution in [3.8, 4) is 0 Å². The molecular weight excluding hydrogens is 371 g/mol. The SMILES string of the molecule is CC1CCCCC1NC(=O)c1cc(Sc2ccc(F)cc2)nc2ccccc12. The molecule has 2 aromatic carbocycles. The van der Waals surface area contributed by atoms with Crippen LogP contribution in [-0.2, 0) is 0 Å². The molecule has 28 heavy (non-hydrogen) atoms. The lowest BCUT2D eigenvalue weighted by molar-refractivity contribution is 0.0911. The zero-order valence-electron chi connectivity index (χ0n) is 15.8. The fourth-order valence-corrected chi connectivity index (χ4v) is 4.63. The second-order valence-corrected chi connectivity index (χ2v) is 8.52. The maximum absolute atomic E-state index is 13.2. The lowest BCUT2D eigenvalue weighted by atomic mass is 9.86. The van der Waals surface area contributed by atoms with Crippen molar-refractivity contribution in [2.75, 3.05) is 0 Å². The minimum atomic E-state index is -0.266. The first-order chi connectivity index (χ1) is 13.6. The highest BCUT2D eigenvalue weighted by Gasteiger charge is 2.24. The van der Waals surface area contributed by atoms with Crippen LogP contribution in [0.5, 0.6) is 0 Å². The summed E-state index contributed by atoms with van der Waals surface area (Å²) in [5.74, 6) is 0.189. The molecule has 1 aliphatic rings. The third kappa shape index (κ3) is 4.20. The highest BCUT2D eigenvalue weighted by Crippen LogP contribution is 2.30. The van der Waals surface area contributed by atoms with Gasteiger partial charge in [-0.15, -0.1) is 0 Å². The highest BCUT2D eigenvalue weighted by atomic mass is 32.2. The molecule has 1 amide bonds. The van der Waals surface area contributed by atoms with Gasteiger partial charge in [0.15, 0.2) is 0 Å². The van der Waals surface area contributed by atoms with E-state index in [2.05, 4.69) is 17.2 Å². The number of carbonyl (C=O) groups is 1. The molecule has 0 radical (unpaired) electrons. The van der Waals surface area contributed by atoms with E-state index in [-0.39, 0.29) is 17.8 Å². The molecule has 1 aliphatic carbocycles. The third-order valence-corrected chi connectivity index (χ3v) is 6.33. The number of hydrogen-bond donors (Lipinski definition) is 1. The zero-order chi connectivity index (χ0) is 19.5. The van der Waals surface area contributed by atoms with Crippen LogP contribution in [0.3, 0.4) is 0 Å². The van der Waals surface area contributed by atoms with Gasteiger partial charge in [-0.25, -0.2) is 9.37 Å². The number of nitrogens with one attached hydrogen (secondary N) is 1. The second-order valence-electron chi connectivity index (χ2n) is 7.42. The minimum Gasteiger partial charge on any atom is -0.349 e. The van der Waals surface area contributed by atoms with Crippen LogP contribution >= 0.6 is 11.8 Å². The monoisotopic (exact) mass is 394 g/mol. The van der Waals surface area contributed by atoms with Crippen LogP contribution in [-0.4, -0.2) is 16.9 Å². The van der Waals surface area contributed by atoms with Crippen molar-refractivity contribution in [2.24, 2.45) is 5.92 Å². The quantitative estimate of drug-likeness (QED) is 0.605. The van der Waals surface area contributed by atoms with Crippen LogP contribution in [0.15, 0.2) is 64.5 Å². The molecule has 0 bridgehead atoms. The number of carbonyl (C=O) groups excluding carboxylic acids is 1. The topological polar surface area (TPSA) is 42.0 Å². The number of fused-ring (bicyclic) bond motifs is 1. The number of nitrogens with zero attached hydrogens (tertiary/aromatic N) is 1. The number of halogens is 1. The van der Waals surface area contributed by atoms with E-state index in [0.717, 1.165) is 40.1 Å². The van der Waals surface area contributed by atoms with Crippen molar-refractivity contribution >= 4 is 28.6 Å². The molecule has 1 fully saturated rings. The van der Waals surface area contributed by atoms with Gasteiger partial charge in [-0.1, -0.05) is 49.7 Å². The smallest absolute Gasteiger partial charge is 0.252 e. The number of amides is 1. The van der Waals surface area contributed by atoms with Crippen LogP contribution in [0.25, 0.3) is 10.9 Å². The minimum absolute atomic E-state index is 0.0432. The molecule has 3 aromatic rings. The summed E-state index contributed by atoms with van der Waals surface area (Å²) in [6, 6.07) is 16.1. The molecule has 2 atom stereocenters. The maximum Gasteiger partial charge on any atom is 0.252 e. The molecule has 0 aliphatic heterocycles. The molecule has 0 saturated heterocycles. The van der Waals surface area contributed by atoms with Gasteiger partial charge in [-0.05, 0) is 55.2 Å². The van der Waals surface area contributed by atoms with E-state index < -0.39 is 0 Å². The molecule has 5 heteroatoms. The van der Waals surface area contributed by atoms with Crippen LogP contribution < -0.4 is 5.32 Å². The fraction of sp³-hybridized carbons (Fsp3) is 0.304. The number of benzene rings is 2. The Labute approximate surface area is 168 Å². The highest BCUT2D eigenvalue weighted by molar-refractivity contribution is 7.99. The Balaban J connectivity index is 1.65. The van der Waals surface area contributed by atoms with E-state index in [1.807, 2.05) is 30.3 Å². The summed E-state index contributed by atoms with van der Waals surface area (Å²) in [5, 5.41) is 4.83. The number of para-hydroxylation sites is 1. The van der Waals surface area contributed by atoms with E-state index >= 15 is 0 Å². The summed E-state index contributed by atoms with van der Waals surface area (Å²) in [6.07, 6.45) is 4.60. The number of aromatic nitrogens is 1. The summed E-state index contributed by atoms with van der Waals surface area (Å²) in [6.45, 7) is 2.21. The van der Waals surface area contributed by atoms with E-state index in [0.29, 0.717) is 11.5 Å². The van der Waals surface area contributed by atoms with Crippen LogP contribution in [0, 0.1) is 11.7 Å². The molecule has 2 unspecified atom stereocenters. The van der Waals surface area contributed by atoms with Gasteiger partial charge in [0, 0.05) is 16.3 Å². The number of pyridine rings is 1. The molecule has 4 rings (SSSR count). The van der Waals surface area contributed by atoms with E-state index in [1.54, 1.807) is 12.1 Å². The van der Waals surface area contributed by atoms with Gasteiger partial charge in [0.2, 0.25) is 0 Å². The van der Waals surface area contributed by atoms with Gasteiger partial charge in [0.25, 0.3) is 5.91 Å². The largest absolute Gasteiger partial charge is 0.349 e. The van der Waals surface area contributed by atoms with Crippen molar-refractivity contribution in [3.63, 3.8) is 0 Å². The Hall–Kier alpha value is -2.40. The molecular formula is C23H23FN2OS. The van der Waals surface area contributed by atoms with Gasteiger partial charge in [0.05, 0.1) is 11.1 Å². The number of rotatable bonds is 4. The van der Waals surface area contributed by atoms with Gasteiger partial charge < -0.3 is 5.32 Å². The molecule has 1 aromatic heterocycles. The zero-order valence-corrected chi connectivity index (χ0v) is 16.6. The molecule has 1 heterocycles. The third-order valence-electron chi connectivity index (χ3n) is 5.40. The van der Waals surface area contributed by atoms with Crippen LogP contribution in [0.2, 0.25) is 0 Å². The molecule has 0 spiro atoms. The standard InChI is InChI=1S/C23H23FN2OS/c1-15-6-2-4-8-20(15)26-23(27)19-14-22(25-21-9-5-3-7-18(19)21)28-17-12-10-16(24)11-13-17/h3,5,7,9-15,20H,2,4,6,8H2,1H3,(H,26,27). The molecule has 1 saturated carbocycles. The summed E-state index contributed by atoms with van der Waals surface area (Å²) in [4.78, 5) is 18.7. The Morgan fingerprint density at radius 1 is 1.11 bits per heavy atom. The first-order valence-electron chi connectivity index (χ1n) is 9.74. The molecule has 3 nitrogen and oxygen atoms in total. The van der Waals surface area contributed by atoms with Crippen molar-refractivity contribution < 1.29 is 9.18 Å². The van der Waals surface area contributed by atoms with Crippen LogP contribution in [0.1, 0.15) is 43.0 Å². The van der Waals surface area contributed by atoms with Gasteiger partial charge in [-0.2, -0.15) is 0 Å². The van der Waals surface area contributed by atoms with E-state index in [9.17, 15) is 9.18 Å². The van der Waals surface area contributed by atoms with Crippen molar-refractivity contribution in [3.05, 3.63) is 66.0 Å². The molecule has 1 N–H and O–H groups in total. The second kappa shape index (κ2) is 8.31. The van der Waals surface area contributed by atoms with Crippen molar-refractivity contribution in [1.29, 1.82) is 0 Å². The van der Waals surface area contributed by atoms with Crippen LogP contribution in [0.4, 0.5) is 4.39 Å². The Kier molecular flexibility index (Phi) is 5.62. The Bertz CT molecular complexity index is 990. The van der Waals surface area contributed by atoms with Gasteiger partial charge >= 0.3 is 0 Å². The number of hydrogen-bond acceptors (Lipinski definition) is 3. The van der Waals surface area contributed by atoms with E-state index in [1.165, 1.54) is 30.3 Å². The fourth-order valence-electron chi connectivity index (χ4n) is 3.79. The normalized spacial score (nSPS) is 19.5. The maximum atomic E-state index is 13.2. The van der Waals surface area contributed by atoms with E-state index in [4.69, 9.17) is 0 Å². The summed E-state index contributed by atoms with van der Waals surface area (Å²) < 4.78 is 13.2. The van der Waals surface area contributed by atoms with Gasteiger partial charge in [0.1, 0.15) is 10.8 Å². The average Bonchev–Trinajstić information content (AvgIpc) is 2.71. The lowest BCUT2D eigenvalue weighted by Crippen LogP contribution is -2.41. The first-order valence-corrected chi connectivity index (χ1v) is 10.6. The summed E-state index contributed by atoms with van der Waals surface area (Å²) in [5.41, 5.74) is 1.43. The van der Waals surface area contributed by atoms with Crippen molar-refractivity contribution in [1.82, 2.24) is 10.3 Å². The predicted octanol–water partition coefficient (Wildman–Crippen LogP) is 5.83. The average molecular weight is 395 g/mol.